The van der Waals surface area contributed by atoms with Crippen LogP contribution in [0.15, 0.2) is 79.5 Å². The molecule has 0 aliphatic carbocycles. The van der Waals surface area contributed by atoms with Gasteiger partial charge in [-0.2, -0.15) is 4.98 Å². The largest absolute Gasteiger partial charge is 0.369 e. The van der Waals surface area contributed by atoms with Gasteiger partial charge in [0.1, 0.15) is 17.2 Å². The van der Waals surface area contributed by atoms with Crippen molar-refractivity contribution in [2.24, 2.45) is 0 Å². The molecule has 2 amide bonds. The molecule has 1 saturated heterocycles. The molecule has 226 valence electrons. The third-order valence-corrected chi connectivity index (χ3v) is 7.48. The predicted molar refractivity (Wildman–Crippen MR) is 174 cm³/mol. The quantitative estimate of drug-likeness (QED) is 0.165. The first-order chi connectivity index (χ1) is 21.2. The second-order valence-corrected chi connectivity index (χ2v) is 10.7. The van der Waals surface area contributed by atoms with E-state index in [4.69, 9.17) is 11.6 Å². The number of aromatic nitrogens is 2. The number of anilines is 7. The summed E-state index contributed by atoms with van der Waals surface area (Å²) in [5.74, 6) is -1.33. The standard InChI is InChI=1S/C32H32ClFN8O2/c1-4-28(43)37-26-13-8-21(34)18-27(26)38-30-24(31(44)39-29-20(2)6-5-7-25(29)33)19-35-32(40-30)36-22-9-11-23(12-10-22)42-16-14-41(3)15-17-42/h4-13,18-19H,1,14-17H2,2-3H3,(H,37,43)(H,39,44)(H2,35,36,38,40). The Morgan fingerprint density at radius 3 is 2.43 bits per heavy atom. The van der Waals surface area contributed by atoms with Gasteiger partial charge in [-0.3, -0.25) is 9.59 Å². The molecule has 1 aromatic heterocycles. The number of likely N-dealkylation sites (N-methyl/N-ethyl adjacent to an activating group) is 1. The van der Waals surface area contributed by atoms with Crippen molar-refractivity contribution in [2.75, 3.05) is 59.4 Å². The summed E-state index contributed by atoms with van der Waals surface area (Å²) in [4.78, 5) is 39.1. The minimum absolute atomic E-state index is 0.0607. The maximum Gasteiger partial charge on any atom is 0.261 e. The molecule has 44 heavy (non-hydrogen) atoms. The number of aryl methyl sites for hydroxylation is 1. The third kappa shape index (κ3) is 7.31. The summed E-state index contributed by atoms with van der Waals surface area (Å²) >= 11 is 6.35. The van der Waals surface area contributed by atoms with Crippen LogP contribution in [0.4, 0.5) is 44.6 Å². The van der Waals surface area contributed by atoms with Gasteiger partial charge in [-0.25, -0.2) is 9.37 Å². The Morgan fingerprint density at radius 2 is 1.73 bits per heavy atom. The van der Waals surface area contributed by atoms with Gasteiger partial charge >= 0.3 is 0 Å². The maximum atomic E-state index is 14.3. The van der Waals surface area contributed by atoms with Crippen LogP contribution in [0.5, 0.6) is 0 Å². The molecule has 1 aliphatic heterocycles. The molecule has 0 radical (unpaired) electrons. The summed E-state index contributed by atoms with van der Waals surface area (Å²) < 4.78 is 14.3. The minimum atomic E-state index is -0.561. The van der Waals surface area contributed by atoms with Crippen molar-refractivity contribution in [3.63, 3.8) is 0 Å². The fourth-order valence-electron chi connectivity index (χ4n) is 4.66. The van der Waals surface area contributed by atoms with Crippen LogP contribution in [0.3, 0.4) is 0 Å². The molecule has 0 spiro atoms. The first-order valence-corrected chi connectivity index (χ1v) is 14.3. The fraction of sp³-hybridized carbons (Fsp3) is 0.188. The number of amides is 2. The van der Waals surface area contributed by atoms with E-state index in [-0.39, 0.29) is 28.7 Å². The lowest BCUT2D eigenvalue weighted by molar-refractivity contribution is -0.111. The number of nitrogens with one attached hydrogen (secondary N) is 4. The van der Waals surface area contributed by atoms with Crippen LogP contribution in [-0.2, 0) is 4.79 Å². The first kappa shape index (κ1) is 30.5. The Labute approximate surface area is 260 Å². The van der Waals surface area contributed by atoms with E-state index in [1.54, 1.807) is 12.1 Å². The highest BCUT2D eigenvalue weighted by atomic mass is 35.5. The van der Waals surface area contributed by atoms with Crippen LogP contribution >= 0.6 is 11.6 Å². The van der Waals surface area contributed by atoms with Gasteiger partial charge < -0.3 is 31.1 Å². The Balaban J connectivity index is 1.45. The molecule has 4 N–H and O–H groups in total. The lowest BCUT2D eigenvalue weighted by Crippen LogP contribution is -2.44. The number of rotatable bonds is 9. The monoisotopic (exact) mass is 614 g/mol. The molecule has 4 aromatic rings. The van der Waals surface area contributed by atoms with E-state index in [0.717, 1.165) is 49.2 Å². The second-order valence-electron chi connectivity index (χ2n) is 10.3. The van der Waals surface area contributed by atoms with E-state index in [0.29, 0.717) is 10.7 Å². The molecule has 10 nitrogen and oxygen atoms in total. The highest BCUT2D eigenvalue weighted by Gasteiger charge is 2.20. The van der Waals surface area contributed by atoms with Gasteiger partial charge in [0, 0.05) is 43.8 Å². The van der Waals surface area contributed by atoms with Gasteiger partial charge in [-0.1, -0.05) is 30.3 Å². The summed E-state index contributed by atoms with van der Waals surface area (Å²) in [7, 11) is 2.12. The second kappa shape index (κ2) is 13.5. The van der Waals surface area contributed by atoms with Crippen molar-refractivity contribution in [3.05, 3.63) is 101 Å². The lowest BCUT2D eigenvalue weighted by atomic mass is 10.2. The normalized spacial score (nSPS) is 13.2. The number of hydrogen-bond acceptors (Lipinski definition) is 8. The van der Waals surface area contributed by atoms with Gasteiger partial charge in [0.2, 0.25) is 11.9 Å². The van der Waals surface area contributed by atoms with E-state index in [1.165, 1.54) is 24.4 Å². The topological polar surface area (TPSA) is 115 Å². The molecule has 0 atom stereocenters. The molecular formula is C32H32ClFN8O2. The molecule has 3 aromatic carbocycles. The summed E-state index contributed by atoms with van der Waals surface area (Å²) in [5.41, 5.74) is 3.56. The molecule has 0 unspecified atom stereocenters. The molecule has 0 bridgehead atoms. The smallest absolute Gasteiger partial charge is 0.261 e. The van der Waals surface area contributed by atoms with E-state index in [2.05, 4.69) is 54.7 Å². The van der Waals surface area contributed by atoms with Crippen molar-refractivity contribution in [1.82, 2.24) is 14.9 Å². The van der Waals surface area contributed by atoms with Crippen LogP contribution in [0.2, 0.25) is 5.02 Å². The van der Waals surface area contributed by atoms with E-state index >= 15 is 0 Å². The van der Waals surface area contributed by atoms with Gasteiger partial charge in [0.15, 0.2) is 0 Å². The van der Waals surface area contributed by atoms with Gasteiger partial charge in [0.05, 0.1) is 22.1 Å². The first-order valence-electron chi connectivity index (χ1n) is 13.9. The Kier molecular flexibility index (Phi) is 9.37. The highest BCUT2D eigenvalue weighted by Crippen LogP contribution is 2.31. The van der Waals surface area contributed by atoms with Crippen molar-refractivity contribution in [3.8, 4) is 0 Å². The van der Waals surface area contributed by atoms with Crippen molar-refractivity contribution < 1.29 is 14.0 Å². The number of carbonyl (C=O) groups is 2. The molecule has 0 saturated carbocycles. The summed E-state index contributed by atoms with van der Waals surface area (Å²) in [6, 6.07) is 17.0. The number of benzene rings is 3. The molecule has 12 heteroatoms. The zero-order chi connectivity index (χ0) is 31.2. The van der Waals surface area contributed by atoms with Gasteiger partial charge in [0.25, 0.3) is 5.91 Å². The van der Waals surface area contributed by atoms with Gasteiger partial charge in [-0.15, -0.1) is 0 Å². The average molecular weight is 615 g/mol. The number of piperazine rings is 1. The van der Waals surface area contributed by atoms with Crippen LogP contribution in [0, 0.1) is 12.7 Å². The number of nitrogens with zero attached hydrogens (tertiary/aromatic N) is 4. The van der Waals surface area contributed by atoms with E-state index < -0.39 is 17.6 Å². The Hall–Kier alpha value is -5.00. The third-order valence-electron chi connectivity index (χ3n) is 7.16. The zero-order valence-electron chi connectivity index (χ0n) is 24.3. The fourth-order valence-corrected chi connectivity index (χ4v) is 4.93. The van der Waals surface area contributed by atoms with Crippen LogP contribution in [0.25, 0.3) is 0 Å². The Bertz CT molecular complexity index is 1670. The van der Waals surface area contributed by atoms with E-state index in [1.807, 2.05) is 37.3 Å². The Morgan fingerprint density at radius 1 is 0.977 bits per heavy atom. The lowest BCUT2D eigenvalue weighted by Gasteiger charge is -2.34. The molecule has 2 heterocycles. The highest BCUT2D eigenvalue weighted by molar-refractivity contribution is 6.34. The molecule has 1 aliphatic rings. The van der Waals surface area contributed by atoms with Crippen molar-refractivity contribution >= 4 is 63.6 Å². The number of halogens is 2. The number of hydrogen-bond donors (Lipinski definition) is 4. The zero-order valence-corrected chi connectivity index (χ0v) is 25.1. The predicted octanol–water partition coefficient (Wildman–Crippen LogP) is 6.19. The van der Waals surface area contributed by atoms with Crippen LogP contribution in [0.1, 0.15) is 15.9 Å². The minimum Gasteiger partial charge on any atom is -0.369 e. The van der Waals surface area contributed by atoms with E-state index in [9.17, 15) is 14.0 Å². The van der Waals surface area contributed by atoms with Crippen molar-refractivity contribution in [1.29, 1.82) is 0 Å². The number of carbonyl (C=O) groups excluding carboxylic acids is 2. The average Bonchev–Trinajstić information content (AvgIpc) is 3.01. The number of para-hydroxylation sites is 1. The molecule has 5 rings (SSSR count). The molecule has 1 fully saturated rings. The molecular weight excluding hydrogens is 583 g/mol. The van der Waals surface area contributed by atoms with Crippen LogP contribution < -0.4 is 26.2 Å². The maximum absolute atomic E-state index is 14.3. The summed E-state index contributed by atoms with van der Waals surface area (Å²) in [5, 5.41) is 12.0. The summed E-state index contributed by atoms with van der Waals surface area (Å²) in [6.07, 6.45) is 2.46. The SMILES string of the molecule is C=CC(=O)Nc1ccc(F)cc1Nc1nc(Nc2ccc(N3CCN(C)CC3)cc2)ncc1C(=O)Nc1c(C)cccc1Cl. The van der Waals surface area contributed by atoms with Gasteiger partial charge in [-0.05, 0) is 74.1 Å². The summed E-state index contributed by atoms with van der Waals surface area (Å²) in [6.45, 7) is 9.19. The van der Waals surface area contributed by atoms with Crippen molar-refractivity contribution in [2.45, 2.75) is 6.92 Å². The van der Waals surface area contributed by atoms with Crippen LogP contribution in [-0.4, -0.2) is 59.9 Å².